The molecule has 3 rings (SSSR count). The van der Waals surface area contributed by atoms with Crippen LogP contribution >= 0.6 is 11.6 Å². The lowest BCUT2D eigenvalue weighted by Crippen LogP contribution is -1.87. The zero-order chi connectivity index (χ0) is 13.2. The van der Waals surface area contributed by atoms with Crippen LogP contribution in [0.25, 0.3) is 11.0 Å². The zero-order valence-electron chi connectivity index (χ0n) is 9.93. The van der Waals surface area contributed by atoms with Gasteiger partial charge in [-0.05, 0) is 24.3 Å². The van der Waals surface area contributed by atoms with E-state index in [-0.39, 0.29) is 6.61 Å². The molecule has 4 nitrogen and oxygen atoms in total. The number of halogens is 1. The number of nitrogens with one attached hydrogen (secondary N) is 1. The van der Waals surface area contributed by atoms with Crippen molar-refractivity contribution in [1.82, 2.24) is 9.97 Å². The van der Waals surface area contributed by atoms with Gasteiger partial charge in [-0.15, -0.1) is 0 Å². The van der Waals surface area contributed by atoms with Crippen LogP contribution in [0.2, 0.25) is 5.02 Å². The first-order valence-electron chi connectivity index (χ1n) is 5.79. The summed E-state index contributed by atoms with van der Waals surface area (Å²) in [5.74, 6) is 1.65. The fourth-order valence-electron chi connectivity index (χ4n) is 1.86. The maximum atomic E-state index is 9.12. The summed E-state index contributed by atoms with van der Waals surface area (Å²) in [6, 6.07) is 12.9. The highest BCUT2D eigenvalue weighted by Crippen LogP contribution is 2.35. The minimum Gasteiger partial charge on any atom is -0.453 e. The highest BCUT2D eigenvalue weighted by molar-refractivity contribution is 6.33. The predicted molar refractivity (Wildman–Crippen MR) is 73.5 cm³/mol. The standard InChI is InChI=1S/C14H11ClN2O2/c15-10-6-7-11-13(17-12(8-18)16-11)14(10)19-9-4-2-1-3-5-9/h1-7,18H,8H2,(H,16,17). The largest absolute Gasteiger partial charge is 0.453 e. The summed E-state index contributed by atoms with van der Waals surface area (Å²) in [6.45, 7) is -0.156. The van der Waals surface area contributed by atoms with Crippen molar-refractivity contribution >= 4 is 22.6 Å². The van der Waals surface area contributed by atoms with Crippen molar-refractivity contribution in [3.05, 3.63) is 53.3 Å². The first-order chi connectivity index (χ1) is 9.28. The average molecular weight is 275 g/mol. The summed E-state index contributed by atoms with van der Waals surface area (Å²) >= 11 is 6.16. The van der Waals surface area contributed by atoms with Crippen LogP contribution in [-0.2, 0) is 6.61 Å². The van der Waals surface area contributed by atoms with Crippen LogP contribution in [-0.4, -0.2) is 15.1 Å². The summed E-state index contributed by atoms with van der Waals surface area (Å²) < 4.78 is 5.78. The van der Waals surface area contributed by atoms with Gasteiger partial charge in [-0.2, -0.15) is 0 Å². The topological polar surface area (TPSA) is 58.1 Å². The molecule has 0 fully saturated rings. The number of para-hydroxylation sites is 1. The number of fused-ring (bicyclic) bond motifs is 1. The quantitative estimate of drug-likeness (QED) is 0.768. The fourth-order valence-corrected chi connectivity index (χ4v) is 2.05. The van der Waals surface area contributed by atoms with E-state index in [9.17, 15) is 0 Å². The van der Waals surface area contributed by atoms with Gasteiger partial charge in [0.15, 0.2) is 5.75 Å². The van der Waals surface area contributed by atoms with Gasteiger partial charge in [-0.1, -0.05) is 29.8 Å². The monoisotopic (exact) mass is 274 g/mol. The normalized spacial score (nSPS) is 10.8. The van der Waals surface area contributed by atoms with Gasteiger partial charge in [0.2, 0.25) is 0 Å². The van der Waals surface area contributed by atoms with E-state index in [2.05, 4.69) is 9.97 Å². The minimum absolute atomic E-state index is 0.156. The Labute approximate surface area is 114 Å². The molecule has 19 heavy (non-hydrogen) atoms. The maximum absolute atomic E-state index is 9.12. The molecule has 0 amide bonds. The molecule has 0 aliphatic heterocycles. The van der Waals surface area contributed by atoms with Gasteiger partial charge >= 0.3 is 0 Å². The molecule has 0 saturated heterocycles. The molecular weight excluding hydrogens is 264 g/mol. The number of imidazole rings is 1. The van der Waals surface area contributed by atoms with Crippen LogP contribution < -0.4 is 4.74 Å². The Kier molecular flexibility index (Phi) is 3.11. The van der Waals surface area contributed by atoms with Crippen molar-refractivity contribution in [2.45, 2.75) is 6.61 Å². The second-order valence-electron chi connectivity index (χ2n) is 4.03. The molecule has 2 N–H and O–H groups in total. The molecule has 1 heterocycles. The van der Waals surface area contributed by atoms with Crippen molar-refractivity contribution in [3.63, 3.8) is 0 Å². The van der Waals surface area contributed by atoms with Gasteiger partial charge in [0.05, 0.1) is 10.5 Å². The molecule has 0 saturated carbocycles. The number of H-pyrrole nitrogens is 1. The molecular formula is C14H11ClN2O2. The number of rotatable bonds is 3. The first-order valence-corrected chi connectivity index (χ1v) is 6.16. The molecule has 0 unspecified atom stereocenters. The molecule has 3 aromatic rings. The number of nitrogens with zero attached hydrogens (tertiary/aromatic N) is 1. The van der Waals surface area contributed by atoms with E-state index in [0.29, 0.717) is 27.9 Å². The lowest BCUT2D eigenvalue weighted by Gasteiger charge is -2.07. The Bertz CT molecular complexity index is 710. The van der Waals surface area contributed by atoms with E-state index in [1.165, 1.54) is 0 Å². The van der Waals surface area contributed by atoms with Crippen LogP contribution in [0, 0.1) is 0 Å². The summed E-state index contributed by atoms with van der Waals surface area (Å²) in [4.78, 5) is 7.27. The molecule has 0 radical (unpaired) electrons. The van der Waals surface area contributed by atoms with Crippen molar-refractivity contribution in [2.24, 2.45) is 0 Å². The van der Waals surface area contributed by atoms with Crippen LogP contribution in [0.4, 0.5) is 0 Å². The van der Waals surface area contributed by atoms with E-state index in [1.807, 2.05) is 36.4 Å². The summed E-state index contributed by atoms with van der Waals surface area (Å²) in [5, 5.41) is 9.60. The maximum Gasteiger partial charge on any atom is 0.173 e. The summed E-state index contributed by atoms with van der Waals surface area (Å²) in [7, 11) is 0. The third kappa shape index (κ3) is 2.28. The van der Waals surface area contributed by atoms with E-state index < -0.39 is 0 Å². The smallest absolute Gasteiger partial charge is 0.173 e. The lowest BCUT2D eigenvalue weighted by molar-refractivity contribution is 0.273. The third-order valence-corrected chi connectivity index (χ3v) is 3.02. The number of aromatic amines is 1. The molecule has 1 aromatic heterocycles. The van der Waals surface area contributed by atoms with E-state index in [4.69, 9.17) is 21.4 Å². The Hall–Kier alpha value is -2.04. The van der Waals surface area contributed by atoms with Crippen LogP contribution in [0.15, 0.2) is 42.5 Å². The number of aromatic nitrogens is 2. The average Bonchev–Trinajstić information content (AvgIpc) is 2.87. The van der Waals surface area contributed by atoms with Gasteiger partial charge in [-0.25, -0.2) is 4.98 Å². The van der Waals surface area contributed by atoms with Gasteiger partial charge in [-0.3, -0.25) is 0 Å². The number of hydrogen-bond acceptors (Lipinski definition) is 3. The second-order valence-corrected chi connectivity index (χ2v) is 4.44. The number of benzene rings is 2. The SMILES string of the molecule is OCc1nc2c(Oc3ccccc3)c(Cl)ccc2[nH]1. The highest BCUT2D eigenvalue weighted by Gasteiger charge is 2.13. The summed E-state index contributed by atoms with van der Waals surface area (Å²) in [6.07, 6.45) is 0. The van der Waals surface area contributed by atoms with Crippen molar-refractivity contribution in [1.29, 1.82) is 0 Å². The van der Waals surface area contributed by atoms with E-state index in [1.54, 1.807) is 6.07 Å². The zero-order valence-corrected chi connectivity index (χ0v) is 10.7. The van der Waals surface area contributed by atoms with E-state index >= 15 is 0 Å². The molecule has 0 aliphatic rings. The van der Waals surface area contributed by atoms with E-state index in [0.717, 1.165) is 5.52 Å². The first kappa shape index (κ1) is 12.0. The minimum atomic E-state index is -0.156. The van der Waals surface area contributed by atoms with Crippen molar-refractivity contribution < 1.29 is 9.84 Å². The van der Waals surface area contributed by atoms with Crippen LogP contribution in [0.5, 0.6) is 11.5 Å². The van der Waals surface area contributed by atoms with Crippen molar-refractivity contribution in [2.75, 3.05) is 0 Å². The molecule has 0 aliphatic carbocycles. The molecule has 2 aromatic carbocycles. The van der Waals surface area contributed by atoms with Crippen LogP contribution in [0.3, 0.4) is 0 Å². The van der Waals surface area contributed by atoms with Gasteiger partial charge < -0.3 is 14.8 Å². The van der Waals surface area contributed by atoms with Gasteiger partial charge in [0, 0.05) is 0 Å². The third-order valence-electron chi connectivity index (χ3n) is 2.72. The molecule has 5 heteroatoms. The number of hydrogen-bond donors (Lipinski definition) is 2. The Balaban J connectivity index is 2.11. The van der Waals surface area contributed by atoms with Crippen LogP contribution in [0.1, 0.15) is 5.82 Å². The lowest BCUT2D eigenvalue weighted by atomic mass is 10.3. The fraction of sp³-hybridized carbons (Fsp3) is 0.0714. The van der Waals surface area contributed by atoms with Gasteiger partial charge in [0.25, 0.3) is 0 Å². The predicted octanol–water partition coefficient (Wildman–Crippen LogP) is 3.50. The Morgan fingerprint density at radius 1 is 1.16 bits per heavy atom. The van der Waals surface area contributed by atoms with Gasteiger partial charge in [0.1, 0.15) is 23.7 Å². The van der Waals surface area contributed by atoms with Crippen molar-refractivity contribution in [3.8, 4) is 11.5 Å². The molecule has 0 spiro atoms. The highest BCUT2D eigenvalue weighted by atomic mass is 35.5. The molecule has 0 atom stereocenters. The molecule has 0 bridgehead atoms. The molecule has 96 valence electrons. The second kappa shape index (κ2) is 4.91. The Morgan fingerprint density at radius 2 is 1.95 bits per heavy atom. The number of aliphatic hydroxyl groups excluding tert-OH is 1. The summed E-state index contributed by atoms with van der Waals surface area (Å²) in [5.41, 5.74) is 1.39. The number of ether oxygens (including phenoxy) is 1. The Morgan fingerprint density at radius 3 is 2.68 bits per heavy atom. The number of aliphatic hydroxyl groups is 1.